The van der Waals surface area contributed by atoms with E-state index in [4.69, 9.17) is 0 Å². The van der Waals surface area contributed by atoms with Gasteiger partial charge in [-0.3, -0.25) is 19.4 Å². The minimum atomic E-state index is 0.0519. The number of carbonyl (C=O) groups excluding carboxylic acids is 2. The van der Waals surface area contributed by atoms with E-state index < -0.39 is 0 Å². The quantitative estimate of drug-likeness (QED) is 0.687. The van der Waals surface area contributed by atoms with Crippen molar-refractivity contribution in [2.45, 2.75) is 32.1 Å². The van der Waals surface area contributed by atoms with Gasteiger partial charge in [0.2, 0.25) is 5.91 Å². The monoisotopic (exact) mass is 432 g/mol. The molecule has 1 N–H and O–H groups in total. The minimum Gasteiger partial charge on any atom is -0.337 e. The van der Waals surface area contributed by atoms with Crippen LogP contribution in [0.25, 0.3) is 11.3 Å². The molecule has 3 aromatic rings. The van der Waals surface area contributed by atoms with Crippen LogP contribution in [0.15, 0.2) is 36.7 Å². The highest BCUT2D eigenvalue weighted by atomic mass is 16.2. The summed E-state index contributed by atoms with van der Waals surface area (Å²) in [5.74, 6) is 0.688. The van der Waals surface area contributed by atoms with E-state index in [0.29, 0.717) is 18.0 Å². The topological polar surface area (TPSA) is 87.1 Å². The zero-order valence-corrected chi connectivity index (χ0v) is 18.5. The number of benzene rings is 1. The number of piperidine rings is 1. The highest BCUT2D eigenvalue weighted by Gasteiger charge is 2.28. The molecule has 0 bridgehead atoms. The average molecular weight is 433 g/mol. The maximum absolute atomic E-state index is 12.8. The highest BCUT2D eigenvalue weighted by molar-refractivity contribution is 6.00. The average Bonchev–Trinajstić information content (AvgIpc) is 3.45. The molecule has 0 aliphatic carbocycles. The van der Waals surface area contributed by atoms with Crippen molar-refractivity contribution in [1.82, 2.24) is 24.9 Å². The molecule has 2 aliphatic rings. The van der Waals surface area contributed by atoms with Gasteiger partial charge in [-0.1, -0.05) is 18.2 Å². The number of aryl methyl sites for hydroxylation is 2. The van der Waals surface area contributed by atoms with Crippen molar-refractivity contribution in [2.75, 3.05) is 25.0 Å². The van der Waals surface area contributed by atoms with Gasteiger partial charge in [-0.2, -0.15) is 10.2 Å². The second kappa shape index (κ2) is 8.26. The predicted octanol–water partition coefficient (Wildman–Crippen LogP) is 2.81. The lowest BCUT2D eigenvalue weighted by atomic mass is 9.88. The summed E-state index contributed by atoms with van der Waals surface area (Å²) >= 11 is 0. The van der Waals surface area contributed by atoms with Gasteiger partial charge in [0.25, 0.3) is 5.91 Å². The van der Waals surface area contributed by atoms with Crippen molar-refractivity contribution in [1.29, 1.82) is 0 Å². The predicted molar refractivity (Wildman–Crippen MR) is 121 cm³/mol. The van der Waals surface area contributed by atoms with Gasteiger partial charge < -0.3 is 9.80 Å². The summed E-state index contributed by atoms with van der Waals surface area (Å²) in [6.45, 7) is 1.50. The van der Waals surface area contributed by atoms with Gasteiger partial charge >= 0.3 is 0 Å². The molecule has 166 valence electrons. The normalized spacial score (nSPS) is 17.0. The van der Waals surface area contributed by atoms with Crippen LogP contribution in [0, 0.1) is 5.92 Å². The van der Waals surface area contributed by atoms with Gasteiger partial charge in [0.15, 0.2) is 0 Å². The summed E-state index contributed by atoms with van der Waals surface area (Å²) in [5, 5.41) is 11.6. The first kappa shape index (κ1) is 20.5. The number of hydrogen-bond acceptors (Lipinski definition) is 4. The number of nitrogens with one attached hydrogen (secondary N) is 1. The van der Waals surface area contributed by atoms with E-state index in [1.165, 1.54) is 11.1 Å². The van der Waals surface area contributed by atoms with Crippen LogP contribution >= 0.6 is 0 Å². The zero-order chi connectivity index (χ0) is 22.2. The third-order valence-electron chi connectivity index (χ3n) is 6.87. The second-order valence-electron chi connectivity index (χ2n) is 8.82. The molecule has 2 amide bonds. The number of rotatable bonds is 4. The minimum absolute atomic E-state index is 0.0519. The van der Waals surface area contributed by atoms with E-state index in [-0.39, 0.29) is 11.8 Å². The lowest BCUT2D eigenvalue weighted by Crippen LogP contribution is -2.39. The summed E-state index contributed by atoms with van der Waals surface area (Å²) in [6.07, 6.45) is 7.72. The number of anilines is 1. The lowest BCUT2D eigenvalue weighted by molar-refractivity contribution is -0.118. The molecule has 1 aromatic carbocycles. The SMILES string of the molecule is CN1C(=O)CCc2cccc(-c3[nH]ncc3CC3CCN(C(=O)c4ccnn4C)CC3)c21. The number of aromatic nitrogens is 4. The zero-order valence-electron chi connectivity index (χ0n) is 18.5. The smallest absolute Gasteiger partial charge is 0.272 e. The van der Waals surface area contributed by atoms with Crippen molar-refractivity contribution in [3.8, 4) is 11.3 Å². The maximum Gasteiger partial charge on any atom is 0.272 e. The molecule has 2 aromatic heterocycles. The molecular weight excluding hydrogens is 404 g/mol. The fraction of sp³-hybridized carbons (Fsp3) is 0.417. The summed E-state index contributed by atoms with van der Waals surface area (Å²) in [4.78, 5) is 28.8. The molecule has 8 nitrogen and oxygen atoms in total. The molecule has 0 unspecified atom stereocenters. The molecule has 0 spiro atoms. The van der Waals surface area contributed by atoms with Gasteiger partial charge in [0.05, 0.1) is 17.6 Å². The standard InChI is InChI=1S/C24H28N6O2/c1-28-21(31)7-6-17-4-3-5-19(23(17)28)22-18(15-25-27-22)14-16-9-12-30(13-10-16)24(32)20-8-11-26-29(20)2/h3-5,8,11,15-16H,6-7,9-10,12-14H2,1-2H3,(H,25,27). The number of hydrogen-bond donors (Lipinski definition) is 1. The molecular formula is C24H28N6O2. The summed E-state index contributed by atoms with van der Waals surface area (Å²) in [5.41, 5.74) is 6.03. The van der Waals surface area contributed by atoms with Gasteiger partial charge in [-0.05, 0) is 48.8 Å². The number of carbonyl (C=O) groups is 2. The molecule has 4 heterocycles. The molecule has 5 rings (SSSR count). The van der Waals surface area contributed by atoms with Crippen molar-refractivity contribution < 1.29 is 9.59 Å². The fourth-order valence-electron chi connectivity index (χ4n) is 5.02. The largest absolute Gasteiger partial charge is 0.337 e. The van der Waals surface area contributed by atoms with Crippen LogP contribution < -0.4 is 4.90 Å². The first-order chi connectivity index (χ1) is 15.5. The Morgan fingerprint density at radius 1 is 1.16 bits per heavy atom. The number of likely N-dealkylation sites (tertiary alicyclic amines) is 1. The molecule has 1 saturated heterocycles. The van der Waals surface area contributed by atoms with E-state index in [1.54, 1.807) is 28.9 Å². The Kier molecular flexibility index (Phi) is 5.28. The third-order valence-corrected chi connectivity index (χ3v) is 6.87. The first-order valence-electron chi connectivity index (χ1n) is 11.2. The number of H-pyrrole nitrogens is 1. The Bertz CT molecular complexity index is 1150. The van der Waals surface area contributed by atoms with Crippen molar-refractivity contribution in [3.05, 3.63) is 53.5 Å². The van der Waals surface area contributed by atoms with Crippen LogP contribution in [0.1, 0.15) is 40.9 Å². The number of nitrogens with zero attached hydrogens (tertiary/aromatic N) is 5. The van der Waals surface area contributed by atoms with Crippen LogP contribution in [-0.4, -0.2) is 56.8 Å². The Morgan fingerprint density at radius 3 is 2.72 bits per heavy atom. The molecule has 2 aliphatic heterocycles. The van der Waals surface area contributed by atoms with E-state index >= 15 is 0 Å². The summed E-state index contributed by atoms with van der Waals surface area (Å²) < 4.78 is 1.63. The van der Waals surface area contributed by atoms with E-state index in [2.05, 4.69) is 33.5 Å². The number of fused-ring (bicyclic) bond motifs is 1. The second-order valence-corrected chi connectivity index (χ2v) is 8.82. The molecule has 1 fully saturated rings. The van der Waals surface area contributed by atoms with Gasteiger partial charge in [0.1, 0.15) is 5.69 Å². The van der Waals surface area contributed by atoms with E-state index in [9.17, 15) is 9.59 Å². The Hall–Kier alpha value is -3.42. The first-order valence-corrected chi connectivity index (χ1v) is 11.2. The Morgan fingerprint density at radius 2 is 1.97 bits per heavy atom. The van der Waals surface area contributed by atoms with E-state index in [0.717, 1.165) is 55.7 Å². The van der Waals surface area contributed by atoms with Crippen molar-refractivity contribution in [2.24, 2.45) is 13.0 Å². The Balaban J connectivity index is 1.31. The maximum atomic E-state index is 12.8. The Labute approximate surface area is 187 Å². The molecule has 8 heteroatoms. The summed E-state index contributed by atoms with van der Waals surface area (Å²) in [7, 11) is 3.66. The molecule has 32 heavy (non-hydrogen) atoms. The van der Waals surface area contributed by atoms with Crippen LogP contribution in [0.2, 0.25) is 0 Å². The van der Waals surface area contributed by atoms with Crippen LogP contribution in [0.3, 0.4) is 0 Å². The third kappa shape index (κ3) is 3.59. The van der Waals surface area contributed by atoms with Crippen LogP contribution in [-0.2, 0) is 24.7 Å². The van der Waals surface area contributed by atoms with Crippen molar-refractivity contribution in [3.63, 3.8) is 0 Å². The van der Waals surface area contributed by atoms with Crippen LogP contribution in [0.5, 0.6) is 0 Å². The lowest BCUT2D eigenvalue weighted by Gasteiger charge is -2.32. The number of para-hydroxylation sites is 1. The fourth-order valence-corrected chi connectivity index (χ4v) is 5.02. The molecule has 0 atom stereocenters. The van der Waals surface area contributed by atoms with Gasteiger partial charge in [-0.25, -0.2) is 0 Å². The van der Waals surface area contributed by atoms with Crippen LogP contribution in [0.4, 0.5) is 5.69 Å². The number of amides is 2. The highest BCUT2D eigenvalue weighted by Crippen LogP contribution is 2.38. The van der Waals surface area contributed by atoms with Gasteiger partial charge in [-0.15, -0.1) is 0 Å². The van der Waals surface area contributed by atoms with Crippen molar-refractivity contribution >= 4 is 17.5 Å². The summed E-state index contributed by atoms with van der Waals surface area (Å²) in [6, 6.07) is 8.01. The van der Waals surface area contributed by atoms with E-state index in [1.807, 2.05) is 18.1 Å². The van der Waals surface area contributed by atoms with Gasteiger partial charge in [0, 0.05) is 45.4 Å². The molecule has 0 radical (unpaired) electrons. The number of aromatic amines is 1. The molecule has 0 saturated carbocycles.